The summed E-state index contributed by atoms with van der Waals surface area (Å²) < 4.78 is 0. The monoisotopic (exact) mass is 267 g/mol. The van der Waals surface area contributed by atoms with Crippen LogP contribution < -0.4 is 5.73 Å². The van der Waals surface area contributed by atoms with E-state index in [-0.39, 0.29) is 6.04 Å². The molecule has 0 aliphatic carbocycles. The Balaban J connectivity index is 2.28. The molecule has 1 atom stereocenters. The molecule has 2 N–H and O–H groups in total. The van der Waals surface area contributed by atoms with E-state index in [1.54, 1.807) is 0 Å². The maximum absolute atomic E-state index is 5.90. The Kier molecular flexibility index (Phi) is 4.61. The Morgan fingerprint density at radius 3 is 2.15 bits per heavy atom. The number of aryl methyl sites for hydroxylation is 3. The molecule has 0 aromatic heterocycles. The van der Waals surface area contributed by atoms with Crippen LogP contribution in [-0.2, 0) is 12.8 Å². The highest BCUT2D eigenvalue weighted by molar-refractivity contribution is 5.41. The molecule has 2 rings (SSSR count). The summed E-state index contributed by atoms with van der Waals surface area (Å²) in [4.78, 5) is 0. The minimum atomic E-state index is 0.219. The quantitative estimate of drug-likeness (QED) is 0.887. The average Bonchev–Trinajstić information content (AvgIpc) is 2.33. The fraction of sp³-hybridized carbons (Fsp3) is 0.368. The van der Waals surface area contributed by atoms with Gasteiger partial charge in [-0.15, -0.1) is 0 Å². The van der Waals surface area contributed by atoms with Gasteiger partial charge in [0.25, 0.3) is 0 Å². The van der Waals surface area contributed by atoms with E-state index in [4.69, 9.17) is 5.73 Å². The van der Waals surface area contributed by atoms with Crippen molar-refractivity contribution in [3.05, 3.63) is 69.8 Å². The lowest BCUT2D eigenvalue weighted by molar-refractivity contribution is 0.736. The molecular weight excluding hydrogens is 242 g/mol. The highest BCUT2D eigenvalue weighted by Crippen LogP contribution is 2.21. The second-order valence-electron chi connectivity index (χ2n) is 6.06. The van der Waals surface area contributed by atoms with Crippen LogP contribution in [0.2, 0.25) is 0 Å². The first-order valence-electron chi connectivity index (χ1n) is 7.36. The van der Waals surface area contributed by atoms with Crippen molar-refractivity contribution in [2.75, 3.05) is 0 Å². The number of hydrogen-bond donors (Lipinski definition) is 1. The van der Waals surface area contributed by atoms with E-state index in [2.05, 4.69) is 64.1 Å². The van der Waals surface area contributed by atoms with Crippen molar-refractivity contribution in [3.8, 4) is 0 Å². The minimum Gasteiger partial charge on any atom is -0.328 e. The molecule has 0 bridgehead atoms. The van der Waals surface area contributed by atoms with Crippen LogP contribution in [0.25, 0.3) is 0 Å². The van der Waals surface area contributed by atoms with E-state index in [1.807, 2.05) is 0 Å². The molecule has 2 aromatic rings. The van der Waals surface area contributed by atoms with Crippen LogP contribution in [0, 0.1) is 20.8 Å². The first-order chi connectivity index (χ1) is 9.45. The third-order valence-corrected chi connectivity index (χ3v) is 3.78. The number of nitrogens with two attached hydrogens (primary N) is 1. The number of rotatable bonds is 4. The second kappa shape index (κ2) is 6.23. The molecule has 0 heterocycles. The summed E-state index contributed by atoms with van der Waals surface area (Å²) in [5, 5.41) is 0. The van der Waals surface area contributed by atoms with Crippen LogP contribution in [0.4, 0.5) is 0 Å². The molecule has 2 aromatic carbocycles. The fourth-order valence-corrected chi connectivity index (χ4v) is 2.88. The van der Waals surface area contributed by atoms with Crippen molar-refractivity contribution >= 4 is 0 Å². The Morgan fingerprint density at radius 2 is 1.60 bits per heavy atom. The van der Waals surface area contributed by atoms with Crippen LogP contribution in [-0.4, -0.2) is 6.04 Å². The van der Waals surface area contributed by atoms with Crippen LogP contribution in [0.3, 0.4) is 0 Å². The normalized spacial score (nSPS) is 12.4. The Hall–Kier alpha value is -1.60. The van der Waals surface area contributed by atoms with Gasteiger partial charge in [-0.05, 0) is 68.4 Å². The van der Waals surface area contributed by atoms with Crippen LogP contribution in [0.5, 0.6) is 0 Å². The number of benzene rings is 2. The van der Waals surface area contributed by atoms with Crippen LogP contribution in [0.1, 0.15) is 40.3 Å². The van der Waals surface area contributed by atoms with Gasteiger partial charge in [-0.1, -0.05) is 42.0 Å². The predicted molar refractivity (Wildman–Crippen MR) is 87.3 cm³/mol. The zero-order valence-electron chi connectivity index (χ0n) is 13.0. The minimum absolute atomic E-state index is 0.219. The Bertz CT molecular complexity index is 573. The van der Waals surface area contributed by atoms with Gasteiger partial charge in [0.1, 0.15) is 0 Å². The number of hydrogen-bond acceptors (Lipinski definition) is 1. The molecule has 0 amide bonds. The van der Waals surface area contributed by atoms with Crippen molar-refractivity contribution in [3.63, 3.8) is 0 Å². The largest absolute Gasteiger partial charge is 0.328 e. The molecule has 0 saturated heterocycles. The van der Waals surface area contributed by atoms with Crippen molar-refractivity contribution in [1.82, 2.24) is 0 Å². The molecule has 0 unspecified atom stereocenters. The maximum atomic E-state index is 5.90. The molecule has 0 radical (unpaired) electrons. The maximum Gasteiger partial charge on any atom is 0.00509 e. The molecule has 0 aliphatic heterocycles. The third kappa shape index (κ3) is 3.71. The van der Waals surface area contributed by atoms with E-state index in [0.717, 1.165) is 12.8 Å². The van der Waals surface area contributed by atoms with Gasteiger partial charge >= 0.3 is 0 Å². The summed E-state index contributed by atoms with van der Waals surface area (Å²) in [6.45, 7) is 8.63. The van der Waals surface area contributed by atoms with Gasteiger partial charge in [-0.3, -0.25) is 0 Å². The van der Waals surface area contributed by atoms with Gasteiger partial charge in [0.2, 0.25) is 0 Å². The molecule has 1 nitrogen and oxygen atoms in total. The van der Waals surface area contributed by atoms with E-state index >= 15 is 0 Å². The molecule has 20 heavy (non-hydrogen) atoms. The average molecular weight is 267 g/mol. The summed E-state index contributed by atoms with van der Waals surface area (Å²) in [7, 11) is 0. The van der Waals surface area contributed by atoms with Crippen molar-refractivity contribution in [2.45, 2.75) is 46.6 Å². The Labute approximate surface area is 122 Å². The summed E-state index contributed by atoms with van der Waals surface area (Å²) in [5.74, 6) is 0. The van der Waals surface area contributed by atoms with E-state index in [9.17, 15) is 0 Å². The van der Waals surface area contributed by atoms with Gasteiger partial charge in [-0.25, -0.2) is 0 Å². The van der Waals surface area contributed by atoms with Crippen molar-refractivity contribution in [1.29, 1.82) is 0 Å². The zero-order chi connectivity index (χ0) is 14.7. The predicted octanol–water partition coefficient (Wildman–Crippen LogP) is 4.09. The highest BCUT2D eigenvalue weighted by atomic mass is 14.6. The van der Waals surface area contributed by atoms with Gasteiger partial charge < -0.3 is 5.73 Å². The fourth-order valence-electron chi connectivity index (χ4n) is 2.88. The SMILES string of the molecule is Cc1cccc(Cc2c(C)cc(C[C@H](C)N)cc2C)c1. The standard InChI is InChI=1S/C19H25N/c1-13-6-5-7-17(8-13)12-19-14(2)9-18(10-15(19)3)11-16(4)20/h5-10,16H,11-12,20H2,1-4H3/t16-/m0/s1. The molecule has 0 aliphatic rings. The molecule has 0 spiro atoms. The smallest absolute Gasteiger partial charge is 0.00509 e. The lowest BCUT2D eigenvalue weighted by atomic mass is 9.92. The molecule has 0 fully saturated rings. The van der Waals surface area contributed by atoms with Gasteiger partial charge in [0.05, 0.1) is 0 Å². The highest BCUT2D eigenvalue weighted by Gasteiger charge is 2.07. The first kappa shape index (κ1) is 14.8. The molecule has 106 valence electrons. The van der Waals surface area contributed by atoms with E-state index in [0.29, 0.717) is 0 Å². The van der Waals surface area contributed by atoms with Crippen LogP contribution in [0.15, 0.2) is 36.4 Å². The first-order valence-corrected chi connectivity index (χ1v) is 7.36. The van der Waals surface area contributed by atoms with Crippen LogP contribution >= 0.6 is 0 Å². The van der Waals surface area contributed by atoms with Crippen molar-refractivity contribution < 1.29 is 0 Å². The second-order valence-corrected chi connectivity index (χ2v) is 6.06. The van der Waals surface area contributed by atoms with E-state index < -0.39 is 0 Å². The van der Waals surface area contributed by atoms with Gasteiger partial charge in [0.15, 0.2) is 0 Å². The molecule has 0 saturated carbocycles. The third-order valence-electron chi connectivity index (χ3n) is 3.78. The summed E-state index contributed by atoms with van der Waals surface area (Å²) in [6, 6.07) is 13.6. The topological polar surface area (TPSA) is 26.0 Å². The molecular formula is C19H25N. The zero-order valence-corrected chi connectivity index (χ0v) is 13.0. The molecule has 1 heteroatoms. The summed E-state index contributed by atoms with van der Waals surface area (Å²) in [6.07, 6.45) is 1.96. The Morgan fingerprint density at radius 1 is 0.950 bits per heavy atom. The van der Waals surface area contributed by atoms with Crippen molar-refractivity contribution in [2.24, 2.45) is 5.73 Å². The lowest BCUT2D eigenvalue weighted by Crippen LogP contribution is -2.18. The summed E-state index contributed by atoms with van der Waals surface area (Å²) >= 11 is 0. The lowest BCUT2D eigenvalue weighted by Gasteiger charge is -2.14. The van der Waals surface area contributed by atoms with Gasteiger partial charge in [0, 0.05) is 6.04 Å². The van der Waals surface area contributed by atoms with E-state index in [1.165, 1.54) is 33.4 Å². The van der Waals surface area contributed by atoms with Gasteiger partial charge in [-0.2, -0.15) is 0 Å². The summed E-state index contributed by atoms with van der Waals surface area (Å²) in [5.41, 5.74) is 14.2.